The second-order valence-corrected chi connectivity index (χ2v) is 6.91. The largest absolute Gasteiger partial charge is 0.367 e. The van der Waals surface area contributed by atoms with E-state index in [-0.39, 0.29) is 17.6 Å². The number of nitrogens with zero attached hydrogens (tertiary/aromatic N) is 2. The highest BCUT2D eigenvalue weighted by Gasteiger charge is 2.22. The fourth-order valence-corrected chi connectivity index (χ4v) is 3.77. The molecule has 2 aliphatic rings. The van der Waals surface area contributed by atoms with Crippen LogP contribution >= 0.6 is 0 Å². The van der Waals surface area contributed by atoms with Crippen molar-refractivity contribution < 1.29 is 9.18 Å². The van der Waals surface area contributed by atoms with Crippen LogP contribution in [-0.4, -0.2) is 50.1 Å². The Bertz CT molecular complexity index is 537. The maximum absolute atomic E-state index is 13.8. The third kappa shape index (κ3) is 4.47. The number of hydrogen-bond donors (Lipinski definition) is 1. The summed E-state index contributed by atoms with van der Waals surface area (Å²) in [7, 11) is 0. The molecule has 1 saturated heterocycles. The number of piperazine rings is 1. The van der Waals surface area contributed by atoms with Gasteiger partial charge in [0.15, 0.2) is 0 Å². The van der Waals surface area contributed by atoms with Gasteiger partial charge in [-0.2, -0.15) is 0 Å². The van der Waals surface area contributed by atoms with Gasteiger partial charge in [0.2, 0.25) is 5.91 Å². The molecule has 5 heteroatoms. The zero-order chi connectivity index (χ0) is 16.8. The molecule has 4 nitrogen and oxygen atoms in total. The fraction of sp³-hybridized carbons (Fsp3) is 0.632. The van der Waals surface area contributed by atoms with Crippen molar-refractivity contribution in [2.24, 2.45) is 5.92 Å². The highest BCUT2D eigenvalue weighted by molar-refractivity contribution is 5.78. The number of halogens is 1. The molecule has 1 aliphatic heterocycles. The quantitative estimate of drug-likeness (QED) is 0.813. The number of rotatable bonds is 6. The van der Waals surface area contributed by atoms with E-state index in [9.17, 15) is 9.18 Å². The number of anilines is 1. The van der Waals surface area contributed by atoms with E-state index in [2.05, 4.69) is 15.1 Å². The van der Waals surface area contributed by atoms with E-state index in [1.165, 1.54) is 18.9 Å². The van der Waals surface area contributed by atoms with Gasteiger partial charge in [0.1, 0.15) is 5.82 Å². The molecule has 1 aliphatic carbocycles. The Morgan fingerprint density at radius 1 is 1.12 bits per heavy atom. The van der Waals surface area contributed by atoms with Crippen molar-refractivity contribution in [2.75, 3.05) is 44.2 Å². The van der Waals surface area contributed by atoms with Crippen molar-refractivity contribution in [3.63, 3.8) is 0 Å². The van der Waals surface area contributed by atoms with Crippen LogP contribution in [0, 0.1) is 11.7 Å². The molecule has 0 spiro atoms. The molecule has 0 atom stereocenters. The summed E-state index contributed by atoms with van der Waals surface area (Å²) >= 11 is 0. The topological polar surface area (TPSA) is 35.6 Å². The predicted molar refractivity (Wildman–Crippen MR) is 94.6 cm³/mol. The highest BCUT2D eigenvalue weighted by Crippen LogP contribution is 2.24. The molecule has 1 aromatic carbocycles. The number of hydrogen-bond acceptors (Lipinski definition) is 3. The molecule has 1 amide bonds. The van der Waals surface area contributed by atoms with E-state index < -0.39 is 0 Å². The molecule has 2 fully saturated rings. The molecule has 3 rings (SSSR count). The normalized spacial score (nSPS) is 19.6. The van der Waals surface area contributed by atoms with Gasteiger partial charge in [0.05, 0.1) is 5.69 Å². The van der Waals surface area contributed by atoms with Crippen molar-refractivity contribution in [1.82, 2.24) is 10.2 Å². The average molecular weight is 333 g/mol. The first-order chi connectivity index (χ1) is 11.7. The number of carbonyl (C=O) groups is 1. The Hall–Kier alpha value is -1.62. The van der Waals surface area contributed by atoms with Crippen molar-refractivity contribution >= 4 is 11.6 Å². The minimum Gasteiger partial charge on any atom is -0.367 e. The van der Waals surface area contributed by atoms with Gasteiger partial charge in [-0.25, -0.2) is 4.39 Å². The lowest BCUT2D eigenvalue weighted by molar-refractivity contribution is -0.124. The molecule has 0 radical (unpaired) electrons. The van der Waals surface area contributed by atoms with Gasteiger partial charge in [-0.15, -0.1) is 0 Å². The maximum Gasteiger partial charge on any atom is 0.223 e. The van der Waals surface area contributed by atoms with Crippen molar-refractivity contribution in [3.05, 3.63) is 30.1 Å². The molecule has 132 valence electrons. The first-order valence-electron chi connectivity index (χ1n) is 9.23. The molecular formula is C19H28FN3O. The third-order valence-corrected chi connectivity index (χ3v) is 5.24. The average Bonchev–Trinajstić information content (AvgIpc) is 3.14. The number of para-hydroxylation sites is 1. The van der Waals surface area contributed by atoms with Gasteiger partial charge in [-0.1, -0.05) is 25.0 Å². The number of nitrogens with one attached hydrogen (secondary N) is 1. The van der Waals surface area contributed by atoms with E-state index in [1.807, 2.05) is 12.1 Å². The summed E-state index contributed by atoms with van der Waals surface area (Å²) in [5, 5.41) is 3.08. The molecule has 0 aromatic heterocycles. The first-order valence-corrected chi connectivity index (χ1v) is 9.23. The van der Waals surface area contributed by atoms with Crippen LogP contribution in [0.5, 0.6) is 0 Å². The van der Waals surface area contributed by atoms with Crippen LogP contribution in [0.3, 0.4) is 0 Å². The van der Waals surface area contributed by atoms with Gasteiger partial charge in [0, 0.05) is 38.6 Å². The van der Waals surface area contributed by atoms with Gasteiger partial charge < -0.3 is 10.2 Å². The Labute approximate surface area is 144 Å². The van der Waals surface area contributed by atoms with Gasteiger partial charge in [-0.05, 0) is 37.9 Å². The summed E-state index contributed by atoms with van der Waals surface area (Å²) in [6.07, 6.45) is 5.50. The summed E-state index contributed by atoms with van der Waals surface area (Å²) in [6, 6.07) is 6.99. The van der Waals surface area contributed by atoms with E-state index in [0.717, 1.165) is 58.5 Å². The monoisotopic (exact) mass is 333 g/mol. The van der Waals surface area contributed by atoms with Crippen LogP contribution in [0.15, 0.2) is 24.3 Å². The smallest absolute Gasteiger partial charge is 0.223 e. The lowest BCUT2D eigenvalue weighted by Gasteiger charge is -2.36. The molecule has 0 bridgehead atoms. The van der Waals surface area contributed by atoms with Gasteiger partial charge in [-0.3, -0.25) is 9.69 Å². The first kappa shape index (κ1) is 17.2. The fourth-order valence-electron chi connectivity index (χ4n) is 3.77. The number of amides is 1. The van der Waals surface area contributed by atoms with E-state index in [0.29, 0.717) is 5.69 Å². The Balaban J connectivity index is 1.32. The van der Waals surface area contributed by atoms with Crippen LogP contribution in [0.1, 0.15) is 32.1 Å². The van der Waals surface area contributed by atoms with Crippen LogP contribution in [0.4, 0.5) is 10.1 Å². The van der Waals surface area contributed by atoms with E-state index >= 15 is 0 Å². The molecule has 1 N–H and O–H groups in total. The Morgan fingerprint density at radius 2 is 1.83 bits per heavy atom. The summed E-state index contributed by atoms with van der Waals surface area (Å²) in [6.45, 7) is 5.37. The zero-order valence-electron chi connectivity index (χ0n) is 14.3. The lowest BCUT2D eigenvalue weighted by Crippen LogP contribution is -2.47. The number of carbonyl (C=O) groups excluding carboxylic acids is 1. The third-order valence-electron chi connectivity index (χ3n) is 5.24. The second-order valence-electron chi connectivity index (χ2n) is 6.91. The van der Waals surface area contributed by atoms with E-state index in [4.69, 9.17) is 0 Å². The van der Waals surface area contributed by atoms with Gasteiger partial charge in [0.25, 0.3) is 0 Å². The summed E-state index contributed by atoms with van der Waals surface area (Å²) < 4.78 is 13.8. The van der Waals surface area contributed by atoms with Crippen molar-refractivity contribution in [3.8, 4) is 0 Å². The second kappa shape index (κ2) is 8.47. The Kier molecular flexibility index (Phi) is 6.07. The highest BCUT2D eigenvalue weighted by atomic mass is 19.1. The van der Waals surface area contributed by atoms with Crippen LogP contribution in [0.2, 0.25) is 0 Å². The molecule has 1 heterocycles. The molecule has 1 aromatic rings. The molecule has 1 saturated carbocycles. The van der Waals surface area contributed by atoms with Crippen molar-refractivity contribution in [1.29, 1.82) is 0 Å². The Morgan fingerprint density at radius 3 is 2.54 bits per heavy atom. The van der Waals surface area contributed by atoms with E-state index in [1.54, 1.807) is 6.07 Å². The summed E-state index contributed by atoms with van der Waals surface area (Å²) in [4.78, 5) is 16.5. The molecule has 0 unspecified atom stereocenters. The molecule has 24 heavy (non-hydrogen) atoms. The van der Waals surface area contributed by atoms with Crippen LogP contribution in [0.25, 0.3) is 0 Å². The molecular weight excluding hydrogens is 305 g/mol. The summed E-state index contributed by atoms with van der Waals surface area (Å²) in [5.41, 5.74) is 0.709. The van der Waals surface area contributed by atoms with Crippen molar-refractivity contribution in [2.45, 2.75) is 32.1 Å². The minimum atomic E-state index is -0.138. The standard InChI is InChI=1S/C19H28FN3O/c20-17-8-3-4-9-18(17)23-14-12-22(13-15-23)11-5-10-21-19(24)16-6-1-2-7-16/h3-4,8-9,16H,1-2,5-7,10-15H2,(H,21,24). The van der Waals surface area contributed by atoms with Crippen LogP contribution < -0.4 is 10.2 Å². The predicted octanol–water partition coefficient (Wildman–Crippen LogP) is 2.64. The maximum atomic E-state index is 13.8. The zero-order valence-corrected chi connectivity index (χ0v) is 14.3. The summed E-state index contributed by atoms with van der Waals surface area (Å²) in [5.74, 6) is 0.367. The lowest BCUT2D eigenvalue weighted by atomic mass is 10.1. The SMILES string of the molecule is O=C(NCCCN1CCN(c2ccccc2F)CC1)C1CCCC1. The van der Waals surface area contributed by atoms with Crippen LogP contribution in [-0.2, 0) is 4.79 Å². The number of benzene rings is 1. The van der Waals surface area contributed by atoms with Gasteiger partial charge >= 0.3 is 0 Å². The minimum absolute atomic E-state index is 0.138.